The molecule has 35 heavy (non-hydrogen) atoms. The molecule has 0 atom stereocenters. The zero-order chi connectivity index (χ0) is 25.3. The van der Waals surface area contributed by atoms with Crippen LogP contribution in [-0.4, -0.2) is 38.3 Å². The highest BCUT2D eigenvalue weighted by atomic mass is 32.3. The summed E-state index contributed by atoms with van der Waals surface area (Å²) in [6, 6.07) is 17.2. The minimum Gasteiger partial charge on any atom is -0.449 e. The largest absolute Gasteiger partial charge is 0.488 e. The molecule has 3 aromatic carbocycles. The van der Waals surface area contributed by atoms with Crippen molar-refractivity contribution in [2.24, 2.45) is 0 Å². The fraction of sp³-hybridized carbons (Fsp3) is 0.208. The summed E-state index contributed by atoms with van der Waals surface area (Å²) in [6.07, 6.45) is -0.724. The first-order chi connectivity index (χ1) is 16.6. The summed E-state index contributed by atoms with van der Waals surface area (Å²) in [5.41, 5.74) is 4.79. The van der Waals surface area contributed by atoms with Crippen LogP contribution in [0.2, 0.25) is 0 Å². The van der Waals surface area contributed by atoms with Crippen molar-refractivity contribution in [2.45, 2.75) is 26.3 Å². The molecule has 0 radical (unpaired) electrons. The second-order valence-corrected chi connectivity index (χ2v) is 9.19. The smallest absolute Gasteiger partial charge is 0.449 e. The van der Waals surface area contributed by atoms with Crippen LogP contribution in [0.25, 0.3) is 11.1 Å². The lowest BCUT2D eigenvalue weighted by molar-refractivity contribution is 0.142. The SMILES string of the molecule is Cc1c(CNC(=O)OCC2c3ccccc3-c3ccccc32)cc(B(O)O)c(C)c1OS(=O)(=O)F. The molecule has 4 rings (SSSR count). The molecule has 8 nitrogen and oxygen atoms in total. The molecule has 11 heteroatoms. The normalized spacial score (nSPS) is 12.6. The van der Waals surface area contributed by atoms with Crippen molar-refractivity contribution in [3.8, 4) is 16.9 Å². The number of hydrogen-bond donors (Lipinski definition) is 3. The average molecular weight is 499 g/mol. The molecule has 0 aliphatic heterocycles. The van der Waals surface area contributed by atoms with Crippen LogP contribution in [-0.2, 0) is 21.8 Å². The number of nitrogens with one attached hydrogen (secondary N) is 1. The molecular formula is C24H23BFNO7S. The third-order valence-corrected chi connectivity index (χ3v) is 6.52. The second-order valence-electron chi connectivity index (χ2n) is 8.23. The molecule has 0 saturated heterocycles. The van der Waals surface area contributed by atoms with Gasteiger partial charge in [-0.15, -0.1) is 0 Å². The summed E-state index contributed by atoms with van der Waals surface area (Å²) in [5.74, 6) is -0.498. The molecule has 3 N–H and O–H groups in total. The highest BCUT2D eigenvalue weighted by Gasteiger charge is 2.29. The van der Waals surface area contributed by atoms with E-state index in [-0.39, 0.29) is 41.4 Å². The van der Waals surface area contributed by atoms with Crippen molar-refractivity contribution in [1.29, 1.82) is 0 Å². The molecule has 0 spiro atoms. The molecule has 0 aromatic heterocycles. The van der Waals surface area contributed by atoms with Crippen LogP contribution < -0.4 is 15.0 Å². The first-order valence-corrected chi connectivity index (χ1v) is 12.1. The number of ether oxygens (including phenoxy) is 1. The Hall–Kier alpha value is -3.41. The van der Waals surface area contributed by atoms with Gasteiger partial charge in [0.15, 0.2) is 5.75 Å². The zero-order valence-electron chi connectivity index (χ0n) is 19.0. The Morgan fingerprint density at radius 1 is 1.03 bits per heavy atom. The van der Waals surface area contributed by atoms with Crippen molar-refractivity contribution in [2.75, 3.05) is 6.61 Å². The van der Waals surface area contributed by atoms with Crippen molar-refractivity contribution in [1.82, 2.24) is 5.32 Å². The lowest BCUT2D eigenvalue weighted by Gasteiger charge is -2.18. The van der Waals surface area contributed by atoms with Gasteiger partial charge in [-0.25, -0.2) is 4.79 Å². The molecular weight excluding hydrogens is 476 g/mol. The molecule has 0 fully saturated rings. The number of carbonyl (C=O) groups is 1. The van der Waals surface area contributed by atoms with Crippen molar-refractivity contribution < 1.29 is 36.1 Å². The summed E-state index contributed by atoms with van der Waals surface area (Å²) < 4.78 is 45.2. The van der Waals surface area contributed by atoms with Gasteiger partial charge in [0.05, 0.1) is 0 Å². The Labute approximate surface area is 202 Å². The van der Waals surface area contributed by atoms with Gasteiger partial charge in [-0.3, -0.25) is 0 Å². The number of amides is 1. The number of fused-ring (bicyclic) bond motifs is 3. The highest BCUT2D eigenvalue weighted by molar-refractivity contribution is 7.81. The van der Waals surface area contributed by atoms with Crippen LogP contribution in [0.15, 0.2) is 54.6 Å². The van der Waals surface area contributed by atoms with E-state index in [0.717, 1.165) is 22.3 Å². The molecule has 1 amide bonds. The molecule has 0 heterocycles. The van der Waals surface area contributed by atoms with Gasteiger partial charge in [-0.05, 0) is 58.3 Å². The van der Waals surface area contributed by atoms with Crippen LogP contribution >= 0.6 is 0 Å². The first kappa shape index (κ1) is 24.7. The van der Waals surface area contributed by atoms with E-state index in [1.54, 1.807) is 0 Å². The molecule has 0 bridgehead atoms. The van der Waals surface area contributed by atoms with Gasteiger partial charge in [-0.2, -0.15) is 8.42 Å². The van der Waals surface area contributed by atoms with Gasteiger partial charge in [0.2, 0.25) is 0 Å². The van der Waals surface area contributed by atoms with E-state index in [1.165, 1.54) is 19.9 Å². The second kappa shape index (κ2) is 9.69. The standard InChI is InChI=1S/C24H23BFNO7S/c1-14-16(11-22(25(29)30)15(2)23(14)34-35(26,31)32)12-27-24(28)33-13-21-19-9-5-3-7-17(19)18-8-4-6-10-20(18)21/h3-11,21,29-30H,12-13H2,1-2H3,(H,27,28). The summed E-state index contributed by atoms with van der Waals surface area (Å²) >= 11 is 0. The third kappa shape index (κ3) is 5.17. The number of halogens is 1. The number of carbonyl (C=O) groups excluding carboxylic acids is 1. The molecule has 182 valence electrons. The molecule has 1 aliphatic rings. The first-order valence-electron chi connectivity index (χ1n) is 10.8. The van der Waals surface area contributed by atoms with E-state index < -0.39 is 23.7 Å². The van der Waals surface area contributed by atoms with E-state index in [9.17, 15) is 27.1 Å². The van der Waals surface area contributed by atoms with E-state index in [0.29, 0.717) is 5.56 Å². The summed E-state index contributed by atoms with van der Waals surface area (Å²) in [4.78, 5) is 12.5. The van der Waals surface area contributed by atoms with Crippen LogP contribution in [0, 0.1) is 13.8 Å². The lowest BCUT2D eigenvalue weighted by Crippen LogP contribution is -2.34. The van der Waals surface area contributed by atoms with E-state index in [1.807, 2.05) is 48.5 Å². The van der Waals surface area contributed by atoms with Gasteiger partial charge in [0.1, 0.15) is 6.61 Å². The van der Waals surface area contributed by atoms with Gasteiger partial charge < -0.3 is 24.3 Å². The van der Waals surface area contributed by atoms with Gasteiger partial charge in [-0.1, -0.05) is 58.5 Å². The van der Waals surface area contributed by atoms with Crippen LogP contribution in [0.5, 0.6) is 5.75 Å². The third-order valence-electron chi connectivity index (χ3n) is 6.15. The Morgan fingerprint density at radius 3 is 2.14 bits per heavy atom. The number of hydrogen-bond acceptors (Lipinski definition) is 7. The Morgan fingerprint density at radius 2 is 1.60 bits per heavy atom. The number of rotatable bonds is 7. The molecule has 0 saturated carbocycles. The van der Waals surface area contributed by atoms with Crippen LogP contribution in [0.4, 0.5) is 8.68 Å². The number of alkyl carbamates (subject to hydrolysis) is 1. The number of benzene rings is 3. The maximum absolute atomic E-state index is 13.2. The van der Waals surface area contributed by atoms with Crippen LogP contribution in [0.3, 0.4) is 0 Å². The van der Waals surface area contributed by atoms with Crippen molar-refractivity contribution in [3.63, 3.8) is 0 Å². The predicted octanol–water partition coefficient (Wildman–Crippen LogP) is 2.62. The Bertz CT molecular complexity index is 1350. The van der Waals surface area contributed by atoms with Crippen molar-refractivity contribution >= 4 is 29.2 Å². The lowest BCUT2D eigenvalue weighted by atomic mass is 9.75. The average Bonchev–Trinajstić information content (AvgIpc) is 3.13. The van der Waals surface area contributed by atoms with E-state index in [4.69, 9.17) is 4.74 Å². The predicted molar refractivity (Wildman–Crippen MR) is 128 cm³/mol. The Kier molecular flexibility index (Phi) is 6.84. The van der Waals surface area contributed by atoms with E-state index >= 15 is 0 Å². The Balaban J connectivity index is 1.49. The van der Waals surface area contributed by atoms with Gasteiger partial charge >= 0.3 is 23.7 Å². The molecule has 0 unspecified atom stereocenters. The zero-order valence-corrected chi connectivity index (χ0v) is 19.8. The quantitative estimate of drug-likeness (QED) is 0.338. The highest BCUT2D eigenvalue weighted by Crippen LogP contribution is 2.44. The maximum Gasteiger partial charge on any atom is 0.488 e. The fourth-order valence-electron chi connectivity index (χ4n) is 4.46. The van der Waals surface area contributed by atoms with E-state index in [2.05, 4.69) is 9.50 Å². The summed E-state index contributed by atoms with van der Waals surface area (Å²) in [7, 11) is -7.32. The van der Waals surface area contributed by atoms with Gasteiger partial charge in [0.25, 0.3) is 0 Å². The summed E-state index contributed by atoms with van der Waals surface area (Å²) in [6.45, 7) is 2.79. The monoisotopic (exact) mass is 499 g/mol. The maximum atomic E-state index is 13.2. The fourth-order valence-corrected chi connectivity index (χ4v) is 4.90. The summed E-state index contributed by atoms with van der Waals surface area (Å²) in [5, 5.41) is 21.8. The molecule has 1 aliphatic carbocycles. The van der Waals surface area contributed by atoms with Gasteiger partial charge in [0, 0.05) is 12.5 Å². The topological polar surface area (TPSA) is 122 Å². The van der Waals surface area contributed by atoms with Crippen LogP contribution in [0.1, 0.15) is 33.7 Å². The molecule has 3 aromatic rings. The van der Waals surface area contributed by atoms with Crippen molar-refractivity contribution in [3.05, 3.63) is 82.4 Å². The minimum atomic E-state index is -5.35. The minimum absolute atomic E-state index is 0.0450.